The minimum absolute atomic E-state index is 0.105. The van der Waals surface area contributed by atoms with E-state index in [0.29, 0.717) is 0 Å². The molecule has 1 aromatic carbocycles. The van der Waals surface area contributed by atoms with Gasteiger partial charge in [-0.3, -0.25) is 4.79 Å². The van der Waals surface area contributed by atoms with Crippen LogP contribution >= 0.6 is 0 Å². The number of hydrogen-bond donors (Lipinski definition) is 2. The summed E-state index contributed by atoms with van der Waals surface area (Å²) in [5.74, 6) is 5.14. The summed E-state index contributed by atoms with van der Waals surface area (Å²) in [5.41, 5.74) is 6.86. The molecule has 3 heteroatoms. The molecule has 0 radical (unpaired) electrons. The number of rotatable bonds is 2. The molecule has 14 heavy (non-hydrogen) atoms. The van der Waals surface area contributed by atoms with Crippen molar-refractivity contribution in [1.29, 1.82) is 0 Å². The van der Waals surface area contributed by atoms with Crippen molar-refractivity contribution >= 4 is 11.6 Å². The van der Waals surface area contributed by atoms with Gasteiger partial charge < -0.3 is 11.1 Å². The summed E-state index contributed by atoms with van der Waals surface area (Å²) in [6, 6.07) is 7.63. The first-order chi connectivity index (χ1) is 6.72. The fourth-order valence-corrected chi connectivity index (χ4v) is 0.954. The van der Waals surface area contributed by atoms with E-state index in [1.165, 1.54) is 0 Å². The van der Waals surface area contributed by atoms with Gasteiger partial charge in [0.1, 0.15) is 0 Å². The Kier molecular flexibility index (Phi) is 3.57. The molecule has 0 unspecified atom stereocenters. The smallest absolute Gasteiger partial charge is 0.229 e. The summed E-state index contributed by atoms with van der Waals surface area (Å²) in [4.78, 5) is 10.4. The van der Waals surface area contributed by atoms with Crippen LogP contribution in [0.25, 0.3) is 0 Å². The molecule has 1 amide bonds. The quantitative estimate of drug-likeness (QED) is 0.679. The Hall–Kier alpha value is -1.95. The lowest BCUT2D eigenvalue weighted by molar-refractivity contribution is -0.117. The van der Waals surface area contributed by atoms with Crippen LogP contribution in [0.2, 0.25) is 0 Å². The molecule has 0 heterocycles. The fourth-order valence-electron chi connectivity index (χ4n) is 0.954. The first kappa shape index (κ1) is 10.1. The summed E-state index contributed by atoms with van der Waals surface area (Å²) in [7, 11) is 1.85. The van der Waals surface area contributed by atoms with Gasteiger partial charge in [0.2, 0.25) is 5.91 Å². The molecule has 0 aliphatic carbocycles. The number of carbonyl (C=O) groups is 1. The molecule has 0 atom stereocenters. The highest BCUT2D eigenvalue weighted by molar-refractivity contribution is 5.76. The number of amides is 1. The maximum atomic E-state index is 10.4. The molecule has 72 valence electrons. The summed E-state index contributed by atoms with van der Waals surface area (Å²) in [6.07, 6.45) is 0.105. The van der Waals surface area contributed by atoms with Crippen LogP contribution in [-0.2, 0) is 4.79 Å². The topological polar surface area (TPSA) is 55.1 Å². The van der Waals surface area contributed by atoms with Crippen molar-refractivity contribution in [1.82, 2.24) is 0 Å². The van der Waals surface area contributed by atoms with Gasteiger partial charge in [-0.1, -0.05) is 11.8 Å². The van der Waals surface area contributed by atoms with Crippen molar-refractivity contribution in [2.24, 2.45) is 5.73 Å². The van der Waals surface area contributed by atoms with Crippen molar-refractivity contribution in [2.45, 2.75) is 6.42 Å². The molecular weight excluding hydrogens is 176 g/mol. The molecule has 0 saturated carbocycles. The zero-order valence-electron chi connectivity index (χ0n) is 8.00. The van der Waals surface area contributed by atoms with Gasteiger partial charge in [0.15, 0.2) is 0 Å². The Labute approximate surface area is 83.3 Å². The number of benzene rings is 1. The monoisotopic (exact) mass is 188 g/mol. The SMILES string of the molecule is CNc1ccc(C#CCC(N)=O)cc1. The highest BCUT2D eigenvalue weighted by atomic mass is 16.1. The Morgan fingerprint density at radius 3 is 2.57 bits per heavy atom. The van der Waals surface area contributed by atoms with Crippen molar-refractivity contribution in [3.63, 3.8) is 0 Å². The van der Waals surface area contributed by atoms with E-state index in [-0.39, 0.29) is 6.42 Å². The highest BCUT2D eigenvalue weighted by Gasteiger charge is 1.89. The van der Waals surface area contributed by atoms with E-state index in [4.69, 9.17) is 5.73 Å². The van der Waals surface area contributed by atoms with E-state index in [1.54, 1.807) is 0 Å². The largest absolute Gasteiger partial charge is 0.388 e. The van der Waals surface area contributed by atoms with Crippen LogP contribution in [-0.4, -0.2) is 13.0 Å². The van der Waals surface area contributed by atoms with Gasteiger partial charge in [0, 0.05) is 18.3 Å². The second-order valence-electron chi connectivity index (χ2n) is 2.77. The number of carbonyl (C=O) groups excluding carboxylic acids is 1. The van der Waals surface area contributed by atoms with E-state index in [0.717, 1.165) is 11.3 Å². The Bertz CT molecular complexity index is 371. The van der Waals surface area contributed by atoms with Gasteiger partial charge in [-0.2, -0.15) is 0 Å². The lowest BCUT2D eigenvalue weighted by Gasteiger charge is -1.97. The Morgan fingerprint density at radius 1 is 1.43 bits per heavy atom. The molecule has 3 N–H and O–H groups in total. The number of anilines is 1. The molecule has 1 aromatic rings. The Morgan fingerprint density at radius 2 is 2.07 bits per heavy atom. The van der Waals surface area contributed by atoms with Crippen molar-refractivity contribution in [2.75, 3.05) is 12.4 Å². The van der Waals surface area contributed by atoms with E-state index < -0.39 is 5.91 Å². The fraction of sp³-hybridized carbons (Fsp3) is 0.182. The maximum Gasteiger partial charge on any atom is 0.229 e. The predicted molar refractivity (Wildman–Crippen MR) is 56.7 cm³/mol. The molecule has 0 aliphatic heterocycles. The second-order valence-corrected chi connectivity index (χ2v) is 2.77. The number of hydrogen-bond acceptors (Lipinski definition) is 2. The van der Waals surface area contributed by atoms with Crippen molar-refractivity contribution in [3.8, 4) is 11.8 Å². The first-order valence-electron chi connectivity index (χ1n) is 4.27. The maximum absolute atomic E-state index is 10.4. The molecule has 0 aromatic heterocycles. The number of primary amides is 1. The molecule has 0 aliphatic rings. The third kappa shape index (κ3) is 3.20. The average molecular weight is 188 g/mol. The predicted octanol–water partition coefficient (Wildman–Crippen LogP) is 0.955. The molecular formula is C11H12N2O. The van der Waals surface area contributed by atoms with Gasteiger partial charge in [-0.05, 0) is 24.3 Å². The minimum atomic E-state index is -0.399. The van der Waals surface area contributed by atoms with Crippen LogP contribution in [0.3, 0.4) is 0 Å². The van der Waals surface area contributed by atoms with Gasteiger partial charge >= 0.3 is 0 Å². The van der Waals surface area contributed by atoms with Gasteiger partial charge in [-0.15, -0.1) is 0 Å². The molecule has 3 nitrogen and oxygen atoms in total. The van der Waals surface area contributed by atoms with E-state index in [2.05, 4.69) is 17.2 Å². The lowest BCUT2D eigenvalue weighted by Crippen LogP contribution is -2.08. The second kappa shape index (κ2) is 4.93. The zero-order valence-corrected chi connectivity index (χ0v) is 8.00. The average Bonchev–Trinajstić information content (AvgIpc) is 2.18. The van der Waals surface area contributed by atoms with Gasteiger partial charge in [0.05, 0.1) is 6.42 Å². The summed E-state index contributed by atoms with van der Waals surface area (Å²) < 4.78 is 0. The number of nitrogens with one attached hydrogen (secondary N) is 1. The van der Waals surface area contributed by atoms with Crippen LogP contribution in [0, 0.1) is 11.8 Å². The zero-order chi connectivity index (χ0) is 10.4. The van der Waals surface area contributed by atoms with Gasteiger partial charge in [0.25, 0.3) is 0 Å². The Balaban J connectivity index is 2.66. The van der Waals surface area contributed by atoms with Crippen LogP contribution in [0.4, 0.5) is 5.69 Å². The molecule has 0 fully saturated rings. The summed E-state index contributed by atoms with van der Waals surface area (Å²) in [6.45, 7) is 0. The third-order valence-electron chi connectivity index (χ3n) is 1.67. The van der Waals surface area contributed by atoms with Crippen LogP contribution in [0.15, 0.2) is 24.3 Å². The minimum Gasteiger partial charge on any atom is -0.388 e. The molecule has 1 rings (SSSR count). The molecule has 0 bridgehead atoms. The van der Waals surface area contributed by atoms with E-state index >= 15 is 0 Å². The lowest BCUT2D eigenvalue weighted by atomic mass is 10.2. The molecule has 0 spiro atoms. The standard InChI is InChI=1S/C11H12N2O/c1-13-10-7-5-9(6-8-10)3-2-4-11(12)14/h5-8,13H,4H2,1H3,(H2,12,14). The first-order valence-corrected chi connectivity index (χ1v) is 4.27. The van der Waals surface area contributed by atoms with Gasteiger partial charge in [-0.25, -0.2) is 0 Å². The number of nitrogens with two attached hydrogens (primary N) is 1. The normalized spacial score (nSPS) is 8.64. The van der Waals surface area contributed by atoms with E-state index in [1.807, 2.05) is 31.3 Å². The molecule has 0 saturated heterocycles. The van der Waals surface area contributed by atoms with Crippen LogP contribution in [0.5, 0.6) is 0 Å². The highest BCUT2D eigenvalue weighted by Crippen LogP contribution is 2.06. The van der Waals surface area contributed by atoms with Crippen LogP contribution < -0.4 is 11.1 Å². The van der Waals surface area contributed by atoms with Crippen LogP contribution in [0.1, 0.15) is 12.0 Å². The van der Waals surface area contributed by atoms with E-state index in [9.17, 15) is 4.79 Å². The third-order valence-corrected chi connectivity index (χ3v) is 1.67. The summed E-state index contributed by atoms with van der Waals surface area (Å²) >= 11 is 0. The summed E-state index contributed by atoms with van der Waals surface area (Å²) in [5, 5.41) is 3.01. The van der Waals surface area contributed by atoms with Crippen molar-refractivity contribution in [3.05, 3.63) is 29.8 Å². The van der Waals surface area contributed by atoms with Crippen molar-refractivity contribution < 1.29 is 4.79 Å².